The quantitative estimate of drug-likeness (QED) is 0.911. The largest absolute Gasteiger partial charge is 0.497 e. The first-order valence-corrected chi connectivity index (χ1v) is 5.49. The molecule has 0 saturated heterocycles. The Morgan fingerprint density at radius 1 is 1.26 bits per heavy atom. The van der Waals surface area contributed by atoms with Crippen LogP contribution in [0.5, 0.6) is 11.5 Å². The van der Waals surface area contributed by atoms with Gasteiger partial charge in [-0.15, -0.1) is 0 Å². The van der Waals surface area contributed by atoms with E-state index in [1.165, 1.54) is 13.2 Å². The molecule has 1 heterocycles. The molecule has 1 aromatic carbocycles. The summed E-state index contributed by atoms with van der Waals surface area (Å²) in [6.07, 6.45) is 0. The van der Waals surface area contributed by atoms with E-state index >= 15 is 0 Å². The predicted octanol–water partition coefficient (Wildman–Crippen LogP) is 2.37. The normalized spacial score (nSPS) is 10.3. The first-order valence-electron chi connectivity index (χ1n) is 5.49. The molecule has 2 aromatic rings. The van der Waals surface area contributed by atoms with E-state index in [0.29, 0.717) is 22.8 Å². The minimum absolute atomic E-state index is 0.225. The Kier molecular flexibility index (Phi) is 3.41. The third-order valence-electron chi connectivity index (χ3n) is 2.68. The summed E-state index contributed by atoms with van der Waals surface area (Å²) in [4.78, 5) is 10.8. The first kappa shape index (κ1) is 12.9. The molecule has 0 aliphatic heterocycles. The van der Waals surface area contributed by atoms with Crippen molar-refractivity contribution in [2.45, 2.75) is 6.92 Å². The number of carbonyl (C=O) groups is 1. The Bertz CT molecular complexity index is 617. The van der Waals surface area contributed by atoms with Gasteiger partial charge in [-0.25, -0.2) is 4.79 Å². The number of aromatic carboxylic acids is 1. The second-order valence-electron chi connectivity index (χ2n) is 3.91. The number of methoxy groups -OCH3 is 2. The zero-order valence-corrected chi connectivity index (χ0v) is 10.8. The molecule has 0 spiro atoms. The SMILES string of the molecule is COc1cc(C)c(OC)c(-c2cc(C(=O)O)on2)c1. The van der Waals surface area contributed by atoms with Crippen LogP contribution >= 0.6 is 0 Å². The Hall–Kier alpha value is -2.50. The van der Waals surface area contributed by atoms with Crippen molar-refractivity contribution in [3.63, 3.8) is 0 Å². The topological polar surface area (TPSA) is 81.8 Å². The molecule has 1 aromatic heterocycles. The second kappa shape index (κ2) is 5.01. The molecule has 0 bridgehead atoms. The van der Waals surface area contributed by atoms with Gasteiger partial charge in [-0.3, -0.25) is 0 Å². The van der Waals surface area contributed by atoms with Gasteiger partial charge in [0.15, 0.2) is 0 Å². The van der Waals surface area contributed by atoms with Gasteiger partial charge < -0.3 is 19.1 Å². The zero-order valence-electron chi connectivity index (χ0n) is 10.8. The van der Waals surface area contributed by atoms with Crippen molar-refractivity contribution in [2.75, 3.05) is 14.2 Å². The lowest BCUT2D eigenvalue weighted by Crippen LogP contribution is -1.94. The summed E-state index contributed by atoms with van der Waals surface area (Å²) in [6, 6.07) is 4.88. The highest BCUT2D eigenvalue weighted by atomic mass is 16.5. The van der Waals surface area contributed by atoms with Crippen LogP contribution in [0.3, 0.4) is 0 Å². The van der Waals surface area contributed by atoms with Crippen molar-refractivity contribution in [2.24, 2.45) is 0 Å². The average Bonchev–Trinajstić information content (AvgIpc) is 2.87. The van der Waals surface area contributed by atoms with E-state index in [1.54, 1.807) is 13.2 Å². The Morgan fingerprint density at radius 3 is 2.53 bits per heavy atom. The number of carboxylic acids is 1. The van der Waals surface area contributed by atoms with Crippen LogP contribution in [-0.2, 0) is 0 Å². The van der Waals surface area contributed by atoms with Gasteiger partial charge in [0, 0.05) is 11.6 Å². The molecule has 2 rings (SSSR count). The Morgan fingerprint density at radius 2 is 2.00 bits per heavy atom. The minimum Gasteiger partial charge on any atom is -0.497 e. The van der Waals surface area contributed by atoms with E-state index in [-0.39, 0.29) is 5.76 Å². The number of ether oxygens (including phenoxy) is 2. The fraction of sp³-hybridized carbons (Fsp3) is 0.231. The molecule has 0 aliphatic carbocycles. The molecule has 0 amide bonds. The van der Waals surface area contributed by atoms with Crippen LogP contribution in [-0.4, -0.2) is 30.5 Å². The number of carboxylic acid groups (broad SMARTS) is 1. The molecular formula is C13H13NO5. The van der Waals surface area contributed by atoms with Gasteiger partial charge in [0.25, 0.3) is 0 Å². The molecule has 0 saturated carbocycles. The van der Waals surface area contributed by atoms with Gasteiger partial charge in [0.1, 0.15) is 17.2 Å². The summed E-state index contributed by atoms with van der Waals surface area (Å²) in [5, 5.41) is 12.6. The van der Waals surface area contributed by atoms with E-state index in [2.05, 4.69) is 5.16 Å². The van der Waals surface area contributed by atoms with Crippen molar-refractivity contribution in [3.8, 4) is 22.8 Å². The van der Waals surface area contributed by atoms with Gasteiger partial charge in [-0.05, 0) is 24.6 Å². The lowest BCUT2D eigenvalue weighted by atomic mass is 10.1. The number of hydrogen-bond acceptors (Lipinski definition) is 5. The van der Waals surface area contributed by atoms with Crippen molar-refractivity contribution in [1.29, 1.82) is 0 Å². The van der Waals surface area contributed by atoms with Gasteiger partial charge >= 0.3 is 5.97 Å². The number of benzene rings is 1. The maximum Gasteiger partial charge on any atom is 0.374 e. The summed E-state index contributed by atoms with van der Waals surface area (Å²) in [7, 11) is 3.09. The number of hydrogen-bond donors (Lipinski definition) is 1. The summed E-state index contributed by atoms with van der Waals surface area (Å²) in [5.74, 6) is -0.158. The monoisotopic (exact) mass is 263 g/mol. The van der Waals surface area contributed by atoms with Gasteiger partial charge in [-0.1, -0.05) is 5.16 Å². The maximum atomic E-state index is 10.8. The Labute approximate surface area is 109 Å². The number of aromatic nitrogens is 1. The first-order chi connectivity index (χ1) is 9.06. The van der Waals surface area contributed by atoms with Crippen LogP contribution < -0.4 is 9.47 Å². The number of nitrogens with zero attached hydrogens (tertiary/aromatic N) is 1. The molecular weight excluding hydrogens is 250 g/mol. The van der Waals surface area contributed by atoms with E-state index in [0.717, 1.165) is 5.56 Å². The highest BCUT2D eigenvalue weighted by Gasteiger charge is 2.17. The fourth-order valence-electron chi connectivity index (χ4n) is 1.82. The number of rotatable bonds is 4. The average molecular weight is 263 g/mol. The summed E-state index contributed by atoms with van der Waals surface area (Å²) >= 11 is 0. The summed E-state index contributed by atoms with van der Waals surface area (Å²) < 4.78 is 15.2. The predicted molar refractivity (Wildman–Crippen MR) is 66.7 cm³/mol. The van der Waals surface area contributed by atoms with Crippen molar-refractivity contribution >= 4 is 5.97 Å². The highest BCUT2D eigenvalue weighted by molar-refractivity contribution is 5.86. The van der Waals surface area contributed by atoms with Crippen LogP contribution in [0.1, 0.15) is 16.1 Å². The molecule has 1 N–H and O–H groups in total. The van der Waals surface area contributed by atoms with Gasteiger partial charge in [-0.2, -0.15) is 0 Å². The lowest BCUT2D eigenvalue weighted by Gasteiger charge is -2.11. The van der Waals surface area contributed by atoms with Crippen LogP contribution in [0, 0.1) is 6.92 Å². The molecule has 6 nitrogen and oxygen atoms in total. The highest BCUT2D eigenvalue weighted by Crippen LogP contribution is 2.36. The summed E-state index contributed by atoms with van der Waals surface area (Å²) in [5.41, 5.74) is 1.86. The smallest absolute Gasteiger partial charge is 0.374 e. The number of aryl methyl sites for hydroxylation is 1. The van der Waals surface area contributed by atoms with Crippen LogP contribution in [0.25, 0.3) is 11.3 Å². The summed E-state index contributed by atoms with van der Waals surface area (Å²) in [6.45, 7) is 1.86. The molecule has 0 unspecified atom stereocenters. The zero-order chi connectivity index (χ0) is 14.0. The van der Waals surface area contributed by atoms with Gasteiger partial charge in [0.05, 0.1) is 14.2 Å². The van der Waals surface area contributed by atoms with Crippen molar-refractivity contribution in [1.82, 2.24) is 5.16 Å². The molecule has 0 atom stereocenters. The third-order valence-corrected chi connectivity index (χ3v) is 2.68. The third kappa shape index (κ3) is 2.37. The van der Waals surface area contributed by atoms with Crippen molar-refractivity contribution in [3.05, 3.63) is 29.5 Å². The van der Waals surface area contributed by atoms with E-state index in [4.69, 9.17) is 19.1 Å². The second-order valence-corrected chi connectivity index (χ2v) is 3.91. The van der Waals surface area contributed by atoms with Crippen LogP contribution in [0.2, 0.25) is 0 Å². The van der Waals surface area contributed by atoms with E-state index in [1.807, 2.05) is 13.0 Å². The maximum absolute atomic E-state index is 10.8. The van der Waals surface area contributed by atoms with Crippen LogP contribution in [0.4, 0.5) is 0 Å². The molecule has 100 valence electrons. The van der Waals surface area contributed by atoms with Gasteiger partial charge in [0.2, 0.25) is 5.76 Å². The minimum atomic E-state index is -1.17. The molecule has 0 fully saturated rings. The van der Waals surface area contributed by atoms with Crippen LogP contribution in [0.15, 0.2) is 22.7 Å². The standard InChI is InChI=1S/C13H13NO5/c1-7-4-8(17-2)5-9(12(7)18-3)10-6-11(13(15)16)19-14-10/h4-6H,1-3H3,(H,15,16). The molecule has 0 aliphatic rings. The fourth-order valence-corrected chi connectivity index (χ4v) is 1.82. The molecule has 19 heavy (non-hydrogen) atoms. The van der Waals surface area contributed by atoms with E-state index in [9.17, 15) is 4.79 Å². The lowest BCUT2D eigenvalue weighted by molar-refractivity contribution is 0.0652. The molecule has 0 radical (unpaired) electrons. The Balaban J connectivity index is 2.58. The van der Waals surface area contributed by atoms with E-state index < -0.39 is 5.97 Å². The van der Waals surface area contributed by atoms with Crippen molar-refractivity contribution < 1.29 is 23.9 Å². The molecule has 6 heteroatoms.